The van der Waals surface area contributed by atoms with Gasteiger partial charge in [0.05, 0.1) is 27.6 Å². The van der Waals surface area contributed by atoms with Crippen molar-refractivity contribution in [3.63, 3.8) is 0 Å². The first-order valence-corrected chi connectivity index (χ1v) is 10.8. The van der Waals surface area contributed by atoms with Gasteiger partial charge in [0.2, 0.25) is 0 Å². The molecule has 0 unspecified atom stereocenters. The molecule has 9 heteroatoms. The van der Waals surface area contributed by atoms with Gasteiger partial charge in [-0.15, -0.1) is 16.4 Å². The molecule has 4 rings (SSSR count). The van der Waals surface area contributed by atoms with Crippen LogP contribution in [0.15, 0.2) is 42.6 Å². The maximum absolute atomic E-state index is 12.1. The van der Waals surface area contributed by atoms with E-state index in [1.54, 1.807) is 16.8 Å². The first-order valence-electron chi connectivity index (χ1n) is 9.57. The van der Waals surface area contributed by atoms with Gasteiger partial charge in [-0.2, -0.15) is 0 Å². The fourth-order valence-electron chi connectivity index (χ4n) is 3.32. The van der Waals surface area contributed by atoms with E-state index < -0.39 is 0 Å². The van der Waals surface area contributed by atoms with E-state index in [0.717, 1.165) is 31.9 Å². The van der Waals surface area contributed by atoms with Crippen LogP contribution in [0.3, 0.4) is 0 Å². The smallest absolute Gasteiger partial charge is 0.261 e. The number of anilines is 1. The highest BCUT2D eigenvalue weighted by atomic mass is 35.5. The minimum atomic E-state index is -0.163. The Kier molecular flexibility index (Phi) is 6.13. The second-order valence-electron chi connectivity index (χ2n) is 7.10. The zero-order chi connectivity index (χ0) is 20.2. The summed E-state index contributed by atoms with van der Waals surface area (Å²) >= 11 is 7.13. The first-order chi connectivity index (χ1) is 14.1. The van der Waals surface area contributed by atoms with E-state index in [4.69, 9.17) is 11.6 Å². The van der Waals surface area contributed by atoms with E-state index in [2.05, 4.69) is 56.7 Å². The van der Waals surface area contributed by atoms with Gasteiger partial charge < -0.3 is 15.1 Å². The number of thiophene rings is 1. The molecule has 3 aromatic rings. The molecule has 1 aliphatic rings. The molecule has 2 aromatic heterocycles. The van der Waals surface area contributed by atoms with Crippen LogP contribution in [0.2, 0.25) is 4.34 Å². The Morgan fingerprint density at radius 1 is 1.10 bits per heavy atom. The van der Waals surface area contributed by atoms with Crippen LogP contribution in [0.25, 0.3) is 5.69 Å². The van der Waals surface area contributed by atoms with Crippen LogP contribution < -0.4 is 10.2 Å². The first kappa shape index (κ1) is 19.9. The highest BCUT2D eigenvalue weighted by Crippen LogP contribution is 2.21. The number of aromatic nitrogens is 3. The van der Waals surface area contributed by atoms with Gasteiger partial charge in [0.25, 0.3) is 5.91 Å². The van der Waals surface area contributed by atoms with E-state index in [1.165, 1.54) is 23.4 Å². The van der Waals surface area contributed by atoms with Crippen LogP contribution in [-0.2, 0) is 6.54 Å². The number of halogens is 1. The van der Waals surface area contributed by atoms with Gasteiger partial charge in [0, 0.05) is 25.3 Å². The van der Waals surface area contributed by atoms with Crippen molar-refractivity contribution < 1.29 is 4.79 Å². The zero-order valence-corrected chi connectivity index (χ0v) is 17.8. The average Bonchev–Trinajstić information content (AvgIpc) is 3.32. The summed E-state index contributed by atoms with van der Waals surface area (Å²) in [6.45, 7) is 4.66. The van der Waals surface area contributed by atoms with Gasteiger partial charge in [-0.25, -0.2) is 4.68 Å². The second kappa shape index (κ2) is 8.94. The lowest BCUT2D eigenvalue weighted by Gasteiger charge is -2.23. The third-order valence-electron chi connectivity index (χ3n) is 4.97. The topological polar surface area (TPSA) is 66.3 Å². The predicted octanol–water partition coefficient (Wildman–Crippen LogP) is 3.05. The van der Waals surface area contributed by atoms with Crippen LogP contribution in [0, 0.1) is 0 Å². The molecule has 29 heavy (non-hydrogen) atoms. The Bertz CT molecular complexity index is 970. The molecule has 1 N–H and O–H groups in total. The SMILES string of the molecule is CN1CCCN(c2ccc(-n3cc(CNC(=O)c4ccc(Cl)s4)nn3)cc2)CC1. The van der Waals surface area contributed by atoms with Gasteiger partial charge in [-0.1, -0.05) is 16.8 Å². The van der Waals surface area contributed by atoms with Crippen LogP contribution in [0.4, 0.5) is 5.69 Å². The van der Waals surface area contributed by atoms with Gasteiger partial charge in [-0.3, -0.25) is 4.79 Å². The zero-order valence-electron chi connectivity index (χ0n) is 16.2. The Morgan fingerprint density at radius 2 is 1.90 bits per heavy atom. The summed E-state index contributed by atoms with van der Waals surface area (Å²) in [4.78, 5) is 17.5. The van der Waals surface area contributed by atoms with Gasteiger partial charge in [-0.05, 0) is 56.4 Å². The molecule has 1 saturated heterocycles. The van der Waals surface area contributed by atoms with Crippen LogP contribution >= 0.6 is 22.9 Å². The lowest BCUT2D eigenvalue weighted by Crippen LogP contribution is -2.28. The highest BCUT2D eigenvalue weighted by molar-refractivity contribution is 7.17. The third-order valence-corrected chi connectivity index (χ3v) is 6.20. The van der Waals surface area contributed by atoms with Crippen molar-refractivity contribution >= 4 is 34.5 Å². The second-order valence-corrected chi connectivity index (χ2v) is 8.82. The molecular formula is C20H23ClN6OS. The number of likely N-dealkylation sites (N-methyl/N-ethyl adjacent to an activating group) is 1. The Balaban J connectivity index is 1.37. The monoisotopic (exact) mass is 430 g/mol. The number of carbonyl (C=O) groups excluding carboxylic acids is 1. The molecule has 1 aromatic carbocycles. The summed E-state index contributed by atoms with van der Waals surface area (Å²) in [6, 6.07) is 11.8. The molecule has 0 aliphatic carbocycles. The maximum Gasteiger partial charge on any atom is 0.261 e. The molecule has 152 valence electrons. The van der Waals surface area contributed by atoms with Crippen molar-refractivity contribution in [2.24, 2.45) is 0 Å². The molecular weight excluding hydrogens is 408 g/mol. The summed E-state index contributed by atoms with van der Waals surface area (Å²) in [6.07, 6.45) is 3.01. The molecule has 1 fully saturated rings. The minimum Gasteiger partial charge on any atom is -0.370 e. The lowest BCUT2D eigenvalue weighted by atomic mass is 10.2. The molecule has 0 radical (unpaired) electrons. The van der Waals surface area contributed by atoms with Gasteiger partial charge >= 0.3 is 0 Å². The van der Waals surface area contributed by atoms with E-state index in [-0.39, 0.29) is 5.91 Å². The van der Waals surface area contributed by atoms with Crippen molar-refractivity contribution in [2.45, 2.75) is 13.0 Å². The van der Waals surface area contributed by atoms with Crippen molar-refractivity contribution in [3.05, 3.63) is 57.5 Å². The quantitative estimate of drug-likeness (QED) is 0.673. The summed E-state index contributed by atoms with van der Waals surface area (Å²) in [5.41, 5.74) is 2.86. The Hall–Kier alpha value is -2.42. The van der Waals surface area contributed by atoms with E-state index >= 15 is 0 Å². The van der Waals surface area contributed by atoms with Crippen molar-refractivity contribution in [1.29, 1.82) is 0 Å². The van der Waals surface area contributed by atoms with Gasteiger partial charge in [0.1, 0.15) is 5.69 Å². The fraction of sp³-hybridized carbons (Fsp3) is 0.350. The fourth-order valence-corrected chi connectivity index (χ4v) is 4.28. The third kappa shape index (κ3) is 4.95. The summed E-state index contributed by atoms with van der Waals surface area (Å²) in [5, 5.41) is 11.2. The Morgan fingerprint density at radius 3 is 2.66 bits per heavy atom. The largest absolute Gasteiger partial charge is 0.370 e. The Labute approximate surface area is 178 Å². The molecule has 0 atom stereocenters. The van der Waals surface area contributed by atoms with Crippen LogP contribution in [0.1, 0.15) is 21.8 Å². The van der Waals surface area contributed by atoms with Crippen LogP contribution in [0.5, 0.6) is 0 Å². The number of hydrogen-bond donors (Lipinski definition) is 1. The summed E-state index contributed by atoms with van der Waals surface area (Å²) in [7, 11) is 2.17. The number of rotatable bonds is 5. The number of amides is 1. The molecule has 1 aliphatic heterocycles. The van der Waals surface area contributed by atoms with Crippen LogP contribution in [-0.4, -0.2) is 59.0 Å². The standard InChI is InChI=1S/C20H23ClN6OS/c1-25-9-2-10-26(12-11-25)16-3-5-17(6-4-16)27-14-15(23-24-27)13-22-20(28)18-7-8-19(21)29-18/h3-8,14H,2,9-13H2,1H3,(H,22,28). The molecule has 7 nitrogen and oxygen atoms in total. The van der Waals surface area contributed by atoms with Crippen molar-refractivity contribution in [3.8, 4) is 5.69 Å². The lowest BCUT2D eigenvalue weighted by molar-refractivity contribution is 0.0954. The molecule has 0 spiro atoms. The highest BCUT2D eigenvalue weighted by Gasteiger charge is 2.13. The van der Waals surface area contributed by atoms with E-state index in [1.807, 2.05) is 6.20 Å². The van der Waals surface area contributed by atoms with Crippen molar-refractivity contribution in [2.75, 3.05) is 38.1 Å². The minimum absolute atomic E-state index is 0.163. The van der Waals surface area contributed by atoms with E-state index in [0.29, 0.717) is 21.5 Å². The number of nitrogens with one attached hydrogen (secondary N) is 1. The molecule has 0 bridgehead atoms. The maximum atomic E-state index is 12.1. The molecule has 0 saturated carbocycles. The average molecular weight is 431 g/mol. The molecule has 1 amide bonds. The summed E-state index contributed by atoms with van der Waals surface area (Å²) < 4.78 is 2.32. The van der Waals surface area contributed by atoms with E-state index in [9.17, 15) is 4.79 Å². The number of benzene rings is 1. The number of hydrogen-bond acceptors (Lipinski definition) is 6. The normalized spacial score (nSPS) is 15.3. The number of carbonyl (C=O) groups is 1. The summed E-state index contributed by atoms with van der Waals surface area (Å²) in [5.74, 6) is -0.163. The van der Waals surface area contributed by atoms with Gasteiger partial charge in [0.15, 0.2) is 0 Å². The molecule has 3 heterocycles. The number of nitrogens with zero attached hydrogens (tertiary/aromatic N) is 5. The predicted molar refractivity (Wildman–Crippen MR) is 116 cm³/mol. The van der Waals surface area contributed by atoms with Crippen molar-refractivity contribution in [1.82, 2.24) is 25.2 Å².